The number of rotatable bonds is 4. The summed E-state index contributed by atoms with van der Waals surface area (Å²) in [6.45, 7) is 0. The number of nitrogens with zero attached hydrogens (tertiary/aromatic N) is 1. The van der Waals surface area contributed by atoms with Crippen LogP contribution < -0.4 is 11.5 Å². The summed E-state index contributed by atoms with van der Waals surface area (Å²) in [6, 6.07) is 0. The average Bonchev–Trinajstić information content (AvgIpc) is 2.66. The number of nitrogens with one attached hydrogen (secondary N) is 1. The van der Waals surface area contributed by atoms with Gasteiger partial charge in [-0.25, -0.2) is 0 Å². The van der Waals surface area contributed by atoms with Crippen molar-refractivity contribution >= 4 is 22.9 Å². The molecule has 0 aromatic carbocycles. The minimum atomic E-state index is -0.359. The molecule has 1 fully saturated rings. The Kier molecular flexibility index (Phi) is 5.62. The number of guanidine groups is 1. The van der Waals surface area contributed by atoms with E-state index in [2.05, 4.69) is 4.99 Å². The summed E-state index contributed by atoms with van der Waals surface area (Å²) in [5.41, 5.74) is 10.3. The molecule has 0 aromatic heterocycles. The second kappa shape index (κ2) is 6.75. The third-order valence-corrected chi connectivity index (χ3v) is 3.64. The first-order chi connectivity index (χ1) is 7.58. The summed E-state index contributed by atoms with van der Waals surface area (Å²) in [5, 5.41) is 17.2. The molecule has 0 saturated heterocycles. The molecule has 92 valence electrons. The average molecular weight is 244 g/mol. The van der Waals surface area contributed by atoms with E-state index >= 15 is 0 Å². The Morgan fingerprint density at radius 2 is 2.06 bits per heavy atom. The molecule has 16 heavy (non-hydrogen) atoms. The quantitative estimate of drug-likeness (QED) is 0.434. The molecule has 0 aliphatic heterocycles. The Morgan fingerprint density at radius 1 is 1.44 bits per heavy atom. The van der Waals surface area contributed by atoms with Crippen molar-refractivity contribution in [2.45, 2.75) is 38.2 Å². The maximum absolute atomic E-state index is 9.76. The Labute approximate surface area is 100 Å². The standard InChI is InChI=1S/C10H20N4OS/c11-9(12)14-10(13)16-6-8(15)5-7-3-1-2-4-7/h7-8,15H,1-6H2,(H5,11,12,13,14). The zero-order valence-electron chi connectivity index (χ0n) is 9.35. The predicted octanol–water partition coefficient (Wildman–Crippen LogP) is 0.869. The monoisotopic (exact) mass is 244 g/mol. The van der Waals surface area contributed by atoms with Crippen molar-refractivity contribution in [1.82, 2.24) is 0 Å². The number of hydrogen-bond acceptors (Lipinski definition) is 3. The van der Waals surface area contributed by atoms with Crippen molar-refractivity contribution in [3.8, 4) is 0 Å². The first kappa shape index (κ1) is 13.3. The summed E-state index contributed by atoms with van der Waals surface area (Å²) in [4.78, 5) is 3.59. The summed E-state index contributed by atoms with van der Waals surface area (Å²) in [6.07, 6.45) is 5.51. The van der Waals surface area contributed by atoms with Crippen LogP contribution >= 0.6 is 11.8 Å². The second-order valence-electron chi connectivity index (χ2n) is 4.19. The van der Waals surface area contributed by atoms with Crippen LogP contribution in [-0.4, -0.2) is 28.1 Å². The minimum absolute atomic E-state index is 0.0606. The van der Waals surface area contributed by atoms with Crippen LogP contribution in [0.4, 0.5) is 0 Å². The predicted molar refractivity (Wildman–Crippen MR) is 68.6 cm³/mol. The highest BCUT2D eigenvalue weighted by Gasteiger charge is 2.19. The van der Waals surface area contributed by atoms with Gasteiger partial charge < -0.3 is 16.6 Å². The lowest BCUT2D eigenvalue weighted by molar-refractivity contribution is 0.166. The molecule has 1 atom stereocenters. The lowest BCUT2D eigenvalue weighted by Gasteiger charge is -2.14. The molecule has 0 spiro atoms. The van der Waals surface area contributed by atoms with E-state index in [1.807, 2.05) is 0 Å². The molecule has 1 rings (SSSR count). The minimum Gasteiger partial charge on any atom is -0.392 e. The lowest BCUT2D eigenvalue weighted by Crippen LogP contribution is -2.24. The van der Waals surface area contributed by atoms with Gasteiger partial charge in [0.1, 0.15) is 0 Å². The summed E-state index contributed by atoms with van der Waals surface area (Å²) in [5.74, 6) is 1.04. The van der Waals surface area contributed by atoms with Crippen LogP contribution in [-0.2, 0) is 0 Å². The number of thioether (sulfide) groups is 1. The molecule has 0 aromatic rings. The summed E-state index contributed by atoms with van der Waals surface area (Å²) >= 11 is 1.18. The van der Waals surface area contributed by atoms with Crippen LogP contribution in [0.15, 0.2) is 4.99 Å². The maximum Gasteiger partial charge on any atom is 0.193 e. The Bertz CT molecular complexity index is 260. The van der Waals surface area contributed by atoms with E-state index in [9.17, 15) is 5.11 Å². The van der Waals surface area contributed by atoms with E-state index in [0.29, 0.717) is 11.7 Å². The van der Waals surface area contributed by atoms with Gasteiger partial charge in [-0.2, -0.15) is 4.99 Å². The normalized spacial score (nSPS) is 18.3. The highest BCUT2D eigenvalue weighted by molar-refractivity contribution is 8.13. The van der Waals surface area contributed by atoms with E-state index in [4.69, 9.17) is 16.9 Å². The molecule has 0 radical (unpaired) electrons. The number of amidine groups is 1. The SMILES string of the molecule is N=C(N=C(N)N)SCC(O)CC1CCCC1. The Balaban J connectivity index is 2.16. The largest absolute Gasteiger partial charge is 0.392 e. The summed E-state index contributed by atoms with van der Waals surface area (Å²) < 4.78 is 0. The van der Waals surface area contributed by atoms with Crippen molar-refractivity contribution in [2.24, 2.45) is 22.4 Å². The van der Waals surface area contributed by atoms with Gasteiger partial charge in [0.2, 0.25) is 0 Å². The second-order valence-corrected chi connectivity index (χ2v) is 5.20. The molecule has 6 N–H and O–H groups in total. The van der Waals surface area contributed by atoms with Crippen molar-refractivity contribution in [3.63, 3.8) is 0 Å². The highest BCUT2D eigenvalue weighted by Crippen LogP contribution is 2.29. The molecule has 0 bridgehead atoms. The molecular formula is C10H20N4OS. The molecule has 1 unspecified atom stereocenters. The van der Waals surface area contributed by atoms with Crippen LogP contribution in [0.1, 0.15) is 32.1 Å². The number of aliphatic imine (C=N–C) groups is 1. The molecule has 1 aliphatic carbocycles. The molecule has 5 nitrogen and oxygen atoms in total. The number of aliphatic hydroxyl groups is 1. The molecule has 6 heteroatoms. The van der Waals surface area contributed by atoms with Crippen molar-refractivity contribution < 1.29 is 5.11 Å². The fourth-order valence-electron chi connectivity index (χ4n) is 2.02. The van der Waals surface area contributed by atoms with Gasteiger partial charge in [-0.3, -0.25) is 5.41 Å². The van der Waals surface area contributed by atoms with Crippen LogP contribution in [0, 0.1) is 11.3 Å². The zero-order chi connectivity index (χ0) is 12.0. The third kappa shape index (κ3) is 5.37. The smallest absolute Gasteiger partial charge is 0.193 e. The Morgan fingerprint density at radius 3 is 2.62 bits per heavy atom. The van der Waals surface area contributed by atoms with Gasteiger partial charge in [-0.05, 0) is 12.3 Å². The Hall–Kier alpha value is -0.750. The number of hydrogen-bond donors (Lipinski definition) is 4. The van der Waals surface area contributed by atoms with Crippen LogP contribution in [0.3, 0.4) is 0 Å². The molecule has 1 saturated carbocycles. The van der Waals surface area contributed by atoms with Gasteiger partial charge in [0.25, 0.3) is 0 Å². The van der Waals surface area contributed by atoms with Gasteiger partial charge in [-0.15, -0.1) is 0 Å². The highest BCUT2D eigenvalue weighted by atomic mass is 32.2. The van der Waals surface area contributed by atoms with E-state index in [0.717, 1.165) is 6.42 Å². The van der Waals surface area contributed by atoms with E-state index in [-0.39, 0.29) is 17.2 Å². The van der Waals surface area contributed by atoms with Crippen molar-refractivity contribution in [3.05, 3.63) is 0 Å². The maximum atomic E-state index is 9.76. The first-order valence-electron chi connectivity index (χ1n) is 5.57. The van der Waals surface area contributed by atoms with Gasteiger partial charge in [-0.1, -0.05) is 37.4 Å². The lowest BCUT2D eigenvalue weighted by atomic mass is 10.0. The van der Waals surface area contributed by atoms with Gasteiger partial charge in [0.15, 0.2) is 11.1 Å². The van der Waals surface area contributed by atoms with Gasteiger partial charge >= 0.3 is 0 Å². The number of nitrogens with two attached hydrogens (primary N) is 2. The van der Waals surface area contributed by atoms with Crippen molar-refractivity contribution in [2.75, 3.05) is 5.75 Å². The summed E-state index contributed by atoms with van der Waals surface area (Å²) in [7, 11) is 0. The van der Waals surface area contributed by atoms with E-state index in [1.165, 1.54) is 37.4 Å². The molecule has 1 aliphatic rings. The zero-order valence-corrected chi connectivity index (χ0v) is 10.2. The topological polar surface area (TPSA) is 108 Å². The molecule has 0 amide bonds. The third-order valence-electron chi connectivity index (χ3n) is 2.72. The fraction of sp³-hybridized carbons (Fsp3) is 0.800. The first-order valence-corrected chi connectivity index (χ1v) is 6.55. The van der Waals surface area contributed by atoms with Crippen LogP contribution in [0.5, 0.6) is 0 Å². The van der Waals surface area contributed by atoms with Crippen LogP contribution in [0.2, 0.25) is 0 Å². The molecule has 0 heterocycles. The van der Waals surface area contributed by atoms with Gasteiger partial charge in [0.05, 0.1) is 6.10 Å². The molecular weight excluding hydrogens is 224 g/mol. The van der Waals surface area contributed by atoms with E-state index in [1.54, 1.807) is 0 Å². The number of aliphatic hydroxyl groups excluding tert-OH is 1. The van der Waals surface area contributed by atoms with Crippen LogP contribution in [0.25, 0.3) is 0 Å². The van der Waals surface area contributed by atoms with E-state index < -0.39 is 0 Å². The van der Waals surface area contributed by atoms with Gasteiger partial charge in [0, 0.05) is 5.75 Å². The fourth-order valence-corrected chi connectivity index (χ4v) is 2.68. The van der Waals surface area contributed by atoms with Crippen molar-refractivity contribution in [1.29, 1.82) is 5.41 Å².